The lowest BCUT2D eigenvalue weighted by atomic mass is 9.95. The van der Waals surface area contributed by atoms with Gasteiger partial charge in [0.25, 0.3) is 0 Å². The van der Waals surface area contributed by atoms with Crippen LogP contribution in [0, 0.1) is 5.82 Å². The number of carbonyl (C=O) groups is 2. The molecule has 1 aliphatic carbocycles. The molecule has 0 aliphatic heterocycles. The van der Waals surface area contributed by atoms with Crippen molar-refractivity contribution in [3.05, 3.63) is 68.9 Å². The fraction of sp³-hybridized carbons (Fsp3) is 0.417. The number of nitrogens with one attached hydrogen (secondary N) is 1. The van der Waals surface area contributed by atoms with E-state index in [1.54, 1.807) is 13.0 Å². The normalized spacial score (nSPS) is 15.4. The van der Waals surface area contributed by atoms with Crippen LogP contribution in [-0.2, 0) is 22.6 Å². The molecule has 0 unspecified atom stereocenters. The highest BCUT2D eigenvalue weighted by Crippen LogP contribution is 2.22. The van der Waals surface area contributed by atoms with Crippen LogP contribution >= 0.6 is 27.5 Å². The first-order valence-corrected chi connectivity index (χ1v) is 11.8. The van der Waals surface area contributed by atoms with E-state index in [0.29, 0.717) is 0 Å². The fourth-order valence-corrected chi connectivity index (χ4v) is 4.39. The van der Waals surface area contributed by atoms with Crippen LogP contribution in [-0.4, -0.2) is 28.8 Å². The van der Waals surface area contributed by atoms with Crippen molar-refractivity contribution >= 4 is 39.3 Å². The lowest BCUT2D eigenvalue weighted by Gasteiger charge is -2.31. The molecule has 0 aromatic heterocycles. The first kappa shape index (κ1) is 23.7. The van der Waals surface area contributed by atoms with Gasteiger partial charge in [0.15, 0.2) is 0 Å². The average Bonchev–Trinajstić information content (AvgIpc) is 2.76. The monoisotopic (exact) mass is 508 g/mol. The lowest BCUT2D eigenvalue weighted by Crippen LogP contribution is -2.50. The second kappa shape index (κ2) is 11.1. The predicted octanol–water partition coefficient (Wildman–Crippen LogP) is 5.65. The number of amides is 2. The zero-order valence-corrected chi connectivity index (χ0v) is 19.9. The second-order valence-corrected chi connectivity index (χ2v) is 9.37. The van der Waals surface area contributed by atoms with E-state index in [1.165, 1.54) is 23.5 Å². The Balaban J connectivity index is 1.79. The first-order chi connectivity index (χ1) is 14.8. The Morgan fingerprint density at radius 3 is 2.48 bits per heavy atom. The Morgan fingerprint density at radius 1 is 1.16 bits per heavy atom. The molecule has 2 amide bonds. The molecule has 4 nitrogen and oxygen atoms in total. The van der Waals surface area contributed by atoms with Crippen LogP contribution in [0.2, 0.25) is 5.02 Å². The Labute approximate surface area is 196 Å². The van der Waals surface area contributed by atoms with Crippen molar-refractivity contribution in [1.29, 1.82) is 0 Å². The molecule has 0 bridgehead atoms. The van der Waals surface area contributed by atoms with Crippen molar-refractivity contribution in [2.24, 2.45) is 0 Å². The molecule has 0 radical (unpaired) electrons. The van der Waals surface area contributed by atoms with Crippen LogP contribution in [0.5, 0.6) is 0 Å². The summed E-state index contributed by atoms with van der Waals surface area (Å²) in [4.78, 5) is 27.7. The molecule has 1 aliphatic rings. The van der Waals surface area contributed by atoms with Crippen LogP contribution in [0.1, 0.15) is 50.2 Å². The largest absolute Gasteiger partial charge is 0.352 e. The summed E-state index contributed by atoms with van der Waals surface area (Å²) >= 11 is 9.54. The molecular weight excluding hydrogens is 483 g/mol. The van der Waals surface area contributed by atoms with E-state index in [0.717, 1.165) is 35.7 Å². The highest BCUT2D eigenvalue weighted by molar-refractivity contribution is 9.10. The van der Waals surface area contributed by atoms with Crippen molar-refractivity contribution < 1.29 is 14.0 Å². The molecule has 166 valence electrons. The number of halogens is 3. The van der Waals surface area contributed by atoms with Gasteiger partial charge in [0, 0.05) is 27.6 Å². The molecule has 31 heavy (non-hydrogen) atoms. The van der Waals surface area contributed by atoms with Gasteiger partial charge in [-0.3, -0.25) is 9.59 Å². The van der Waals surface area contributed by atoms with Crippen molar-refractivity contribution in [1.82, 2.24) is 10.2 Å². The van der Waals surface area contributed by atoms with Gasteiger partial charge in [-0.15, -0.1) is 0 Å². The van der Waals surface area contributed by atoms with E-state index in [-0.39, 0.29) is 41.4 Å². The number of carbonyl (C=O) groups excluding carboxylic acids is 2. The summed E-state index contributed by atoms with van der Waals surface area (Å²) in [5.74, 6) is -1.05. The molecule has 0 spiro atoms. The minimum absolute atomic E-state index is 0.148. The molecular formula is C24H27BrClFN2O2. The maximum Gasteiger partial charge on any atom is 0.242 e. The number of rotatable bonds is 7. The van der Waals surface area contributed by atoms with Crippen LogP contribution in [0.4, 0.5) is 4.39 Å². The molecule has 1 N–H and O–H groups in total. The van der Waals surface area contributed by atoms with Crippen LogP contribution in [0.15, 0.2) is 46.9 Å². The summed E-state index contributed by atoms with van der Waals surface area (Å²) in [6.45, 7) is 1.97. The third-order valence-corrected chi connectivity index (χ3v) is 6.66. The summed E-state index contributed by atoms with van der Waals surface area (Å²) in [7, 11) is 0. The first-order valence-electron chi connectivity index (χ1n) is 10.6. The van der Waals surface area contributed by atoms with Gasteiger partial charge in [0.2, 0.25) is 11.8 Å². The topological polar surface area (TPSA) is 49.4 Å². The maximum absolute atomic E-state index is 14.3. The molecule has 2 aromatic carbocycles. The summed E-state index contributed by atoms with van der Waals surface area (Å²) in [6, 6.07) is 11.4. The summed E-state index contributed by atoms with van der Waals surface area (Å²) < 4.78 is 15.2. The van der Waals surface area contributed by atoms with Crippen LogP contribution in [0.25, 0.3) is 0 Å². The number of nitrogens with zero attached hydrogens (tertiary/aromatic N) is 1. The molecule has 0 saturated heterocycles. The standard InChI is InChI=1S/C24H27BrClFN2O2/c1-16(24(31)28-19-6-3-2-4-7-19)29(15-17-10-12-18(25)13-11-17)23(30)14-20-21(26)8-5-9-22(20)27/h5,8-13,16,19H,2-4,6-7,14-15H2,1H3,(H,28,31)/t16-/m0/s1. The van der Waals surface area contributed by atoms with Gasteiger partial charge >= 0.3 is 0 Å². The Morgan fingerprint density at radius 2 is 1.84 bits per heavy atom. The lowest BCUT2D eigenvalue weighted by molar-refractivity contribution is -0.140. The van der Waals surface area contributed by atoms with Gasteiger partial charge < -0.3 is 10.2 Å². The van der Waals surface area contributed by atoms with E-state index in [9.17, 15) is 14.0 Å². The highest BCUT2D eigenvalue weighted by Gasteiger charge is 2.29. The van der Waals surface area contributed by atoms with Gasteiger partial charge in [-0.05, 0) is 49.6 Å². The summed E-state index contributed by atoms with van der Waals surface area (Å²) in [6.07, 6.45) is 5.12. The summed E-state index contributed by atoms with van der Waals surface area (Å²) in [5.41, 5.74) is 1.03. The fourth-order valence-electron chi connectivity index (χ4n) is 3.89. The molecule has 7 heteroatoms. The zero-order chi connectivity index (χ0) is 22.4. The van der Waals surface area contributed by atoms with Crippen molar-refractivity contribution in [2.45, 2.75) is 64.1 Å². The van der Waals surface area contributed by atoms with Crippen molar-refractivity contribution in [3.63, 3.8) is 0 Å². The molecule has 1 saturated carbocycles. The Kier molecular flexibility index (Phi) is 8.50. The smallest absolute Gasteiger partial charge is 0.242 e. The van der Waals surface area contributed by atoms with E-state index in [2.05, 4.69) is 21.2 Å². The van der Waals surface area contributed by atoms with Crippen molar-refractivity contribution in [2.75, 3.05) is 0 Å². The third-order valence-electron chi connectivity index (χ3n) is 5.77. The molecule has 1 atom stereocenters. The Bertz CT molecular complexity index is 896. The number of hydrogen-bond acceptors (Lipinski definition) is 2. The van der Waals surface area contributed by atoms with E-state index in [4.69, 9.17) is 11.6 Å². The number of hydrogen-bond donors (Lipinski definition) is 1. The Hall–Kier alpha value is -1.92. The van der Waals surface area contributed by atoms with Gasteiger partial charge in [0.1, 0.15) is 11.9 Å². The summed E-state index contributed by atoms with van der Waals surface area (Å²) in [5, 5.41) is 3.30. The predicted molar refractivity (Wildman–Crippen MR) is 124 cm³/mol. The number of benzene rings is 2. The van der Waals surface area contributed by atoms with Crippen LogP contribution in [0.3, 0.4) is 0 Å². The quantitative estimate of drug-likeness (QED) is 0.524. The minimum Gasteiger partial charge on any atom is -0.352 e. The van der Waals surface area contributed by atoms with Gasteiger partial charge in [-0.1, -0.05) is 65.0 Å². The second-order valence-electron chi connectivity index (χ2n) is 8.04. The van der Waals surface area contributed by atoms with E-state index < -0.39 is 11.9 Å². The molecule has 0 heterocycles. The van der Waals surface area contributed by atoms with E-state index >= 15 is 0 Å². The van der Waals surface area contributed by atoms with Gasteiger partial charge in [-0.25, -0.2) is 4.39 Å². The highest BCUT2D eigenvalue weighted by atomic mass is 79.9. The maximum atomic E-state index is 14.3. The van der Waals surface area contributed by atoms with Gasteiger partial charge in [0.05, 0.1) is 6.42 Å². The third kappa shape index (κ3) is 6.53. The molecule has 2 aromatic rings. The molecule has 1 fully saturated rings. The average molecular weight is 510 g/mol. The van der Waals surface area contributed by atoms with Crippen molar-refractivity contribution in [3.8, 4) is 0 Å². The zero-order valence-electron chi connectivity index (χ0n) is 17.5. The van der Waals surface area contributed by atoms with Crippen LogP contribution < -0.4 is 5.32 Å². The minimum atomic E-state index is -0.691. The molecule has 3 rings (SSSR count). The van der Waals surface area contributed by atoms with Gasteiger partial charge in [-0.2, -0.15) is 0 Å². The SMILES string of the molecule is C[C@@H](C(=O)NC1CCCCC1)N(Cc1ccc(Br)cc1)C(=O)Cc1c(F)cccc1Cl. The van der Waals surface area contributed by atoms with E-state index in [1.807, 2.05) is 24.3 Å².